The van der Waals surface area contributed by atoms with Crippen LogP contribution in [0.3, 0.4) is 0 Å². The number of benzene rings is 1. The molecule has 1 aromatic rings. The number of nitrogens with one attached hydrogen (secondary N) is 1. The molecule has 0 saturated carbocycles. The van der Waals surface area contributed by atoms with Gasteiger partial charge in [0.05, 0.1) is 0 Å². The lowest BCUT2D eigenvalue weighted by Gasteiger charge is -2.24. The number of ether oxygens (including phenoxy) is 1. The predicted molar refractivity (Wildman–Crippen MR) is 74.3 cm³/mol. The first-order valence-electron chi connectivity index (χ1n) is 6.23. The summed E-state index contributed by atoms with van der Waals surface area (Å²) in [6, 6.07) is 8.49. The number of hydrogen-bond acceptors (Lipinski definition) is 2. The van der Waals surface area contributed by atoms with Crippen molar-refractivity contribution < 1.29 is 4.74 Å². The van der Waals surface area contributed by atoms with E-state index >= 15 is 0 Å². The zero-order chi connectivity index (χ0) is 11.4. The minimum Gasteiger partial charge on any atom is -0.490 e. The van der Waals surface area contributed by atoms with Crippen LogP contribution in [-0.2, 0) is 0 Å². The van der Waals surface area contributed by atoms with Gasteiger partial charge in [-0.05, 0) is 49.5 Å². The Morgan fingerprint density at radius 2 is 1.94 bits per heavy atom. The van der Waals surface area contributed by atoms with Crippen LogP contribution in [0, 0.1) is 0 Å². The Balaban J connectivity index is 0.00000144. The van der Waals surface area contributed by atoms with E-state index in [9.17, 15) is 0 Å². The maximum absolute atomic E-state index is 6.01. The summed E-state index contributed by atoms with van der Waals surface area (Å²) in [6.45, 7) is 6.58. The summed E-state index contributed by atoms with van der Waals surface area (Å²) >= 11 is 0. The quantitative estimate of drug-likeness (QED) is 0.894. The number of halogens is 1. The molecular weight excluding hydrogens is 234 g/mol. The van der Waals surface area contributed by atoms with Crippen molar-refractivity contribution in [3.05, 3.63) is 29.8 Å². The SMILES string of the molecule is CC(C)c1cccc(OC2CCNCC2)c1.Cl. The average molecular weight is 256 g/mol. The summed E-state index contributed by atoms with van der Waals surface area (Å²) in [5, 5.41) is 3.35. The number of rotatable bonds is 3. The fourth-order valence-corrected chi connectivity index (χ4v) is 2.05. The molecule has 1 aliphatic rings. The molecule has 1 aromatic carbocycles. The highest BCUT2D eigenvalue weighted by Gasteiger charge is 2.14. The van der Waals surface area contributed by atoms with Crippen LogP contribution in [0.2, 0.25) is 0 Å². The molecule has 2 nitrogen and oxygen atoms in total. The van der Waals surface area contributed by atoms with Gasteiger partial charge in [-0.25, -0.2) is 0 Å². The van der Waals surface area contributed by atoms with Crippen LogP contribution in [0.25, 0.3) is 0 Å². The molecule has 0 unspecified atom stereocenters. The Morgan fingerprint density at radius 1 is 1.24 bits per heavy atom. The molecule has 1 N–H and O–H groups in total. The first-order valence-corrected chi connectivity index (χ1v) is 6.23. The molecule has 2 rings (SSSR count). The van der Waals surface area contributed by atoms with Crippen molar-refractivity contribution in [2.45, 2.75) is 38.7 Å². The summed E-state index contributed by atoms with van der Waals surface area (Å²) in [5.41, 5.74) is 1.35. The van der Waals surface area contributed by atoms with Crippen molar-refractivity contribution in [3.63, 3.8) is 0 Å². The number of piperidine rings is 1. The molecule has 0 radical (unpaired) electrons. The van der Waals surface area contributed by atoms with Crippen LogP contribution >= 0.6 is 12.4 Å². The Bertz CT molecular complexity index is 335. The summed E-state index contributed by atoms with van der Waals surface area (Å²) in [7, 11) is 0. The second-order valence-corrected chi connectivity index (χ2v) is 4.79. The molecular formula is C14H22ClNO. The van der Waals surface area contributed by atoms with E-state index in [1.54, 1.807) is 0 Å². The van der Waals surface area contributed by atoms with E-state index in [-0.39, 0.29) is 12.4 Å². The van der Waals surface area contributed by atoms with Gasteiger partial charge in [-0.2, -0.15) is 0 Å². The predicted octanol–water partition coefficient (Wildman–Crippen LogP) is 3.36. The monoisotopic (exact) mass is 255 g/mol. The van der Waals surface area contributed by atoms with Gasteiger partial charge in [-0.1, -0.05) is 26.0 Å². The fraction of sp³-hybridized carbons (Fsp3) is 0.571. The molecule has 0 bridgehead atoms. The first-order chi connectivity index (χ1) is 7.75. The van der Waals surface area contributed by atoms with Gasteiger partial charge in [-0.15, -0.1) is 12.4 Å². The Kier molecular flexibility index (Phi) is 5.79. The lowest BCUT2D eigenvalue weighted by Crippen LogP contribution is -2.34. The van der Waals surface area contributed by atoms with Gasteiger partial charge < -0.3 is 10.1 Å². The fourth-order valence-electron chi connectivity index (χ4n) is 2.05. The molecule has 0 aromatic heterocycles. The highest BCUT2D eigenvalue weighted by Crippen LogP contribution is 2.22. The molecule has 1 fully saturated rings. The largest absolute Gasteiger partial charge is 0.490 e. The van der Waals surface area contributed by atoms with Gasteiger partial charge >= 0.3 is 0 Å². The lowest BCUT2D eigenvalue weighted by molar-refractivity contribution is 0.162. The van der Waals surface area contributed by atoms with Crippen molar-refractivity contribution in [2.75, 3.05) is 13.1 Å². The third-order valence-corrected chi connectivity index (χ3v) is 3.11. The van der Waals surface area contributed by atoms with Gasteiger partial charge in [0.25, 0.3) is 0 Å². The Morgan fingerprint density at radius 3 is 2.59 bits per heavy atom. The third-order valence-electron chi connectivity index (χ3n) is 3.11. The average Bonchev–Trinajstić information content (AvgIpc) is 2.30. The highest BCUT2D eigenvalue weighted by molar-refractivity contribution is 5.85. The van der Waals surface area contributed by atoms with Crippen molar-refractivity contribution in [1.29, 1.82) is 0 Å². The topological polar surface area (TPSA) is 21.3 Å². The van der Waals surface area contributed by atoms with E-state index in [0.29, 0.717) is 12.0 Å². The van der Waals surface area contributed by atoms with Crippen LogP contribution in [0.15, 0.2) is 24.3 Å². The van der Waals surface area contributed by atoms with Crippen molar-refractivity contribution >= 4 is 12.4 Å². The molecule has 3 heteroatoms. The molecule has 0 aliphatic carbocycles. The molecule has 1 saturated heterocycles. The second-order valence-electron chi connectivity index (χ2n) is 4.79. The molecule has 1 aliphatic heterocycles. The van der Waals surface area contributed by atoms with Crippen LogP contribution in [0.4, 0.5) is 0 Å². The molecule has 0 amide bonds. The van der Waals surface area contributed by atoms with Gasteiger partial charge in [0.2, 0.25) is 0 Å². The van der Waals surface area contributed by atoms with E-state index in [0.717, 1.165) is 31.7 Å². The summed E-state index contributed by atoms with van der Waals surface area (Å²) < 4.78 is 6.01. The normalized spacial score (nSPS) is 16.6. The van der Waals surface area contributed by atoms with E-state index in [2.05, 4.69) is 43.4 Å². The zero-order valence-electron chi connectivity index (χ0n) is 10.6. The van der Waals surface area contributed by atoms with E-state index < -0.39 is 0 Å². The molecule has 96 valence electrons. The molecule has 0 spiro atoms. The van der Waals surface area contributed by atoms with E-state index in [1.165, 1.54) is 5.56 Å². The van der Waals surface area contributed by atoms with Crippen molar-refractivity contribution in [2.24, 2.45) is 0 Å². The summed E-state index contributed by atoms with van der Waals surface area (Å²) in [5.74, 6) is 1.59. The first kappa shape index (κ1) is 14.3. The van der Waals surface area contributed by atoms with Gasteiger partial charge in [0.1, 0.15) is 11.9 Å². The Hall–Kier alpha value is -0.730. The summed E-state index contributed by atoms with van der Waals surface area (Å²) in [6.07, 6.45) is 2.63. The van der Waals surface area contributed by atoms with Crippen molar-refractivity contribution in [1.82, 2.24) is 5.32 Å². The second kappa shape index (κ2) is 6.87. The summed E-state index contributed by atoms with van der Waals surface area (Å²) in [4.78, 5) is 0. The Labute approximate surface area is 110 Å². The molecule has 1 heterocycles. The maximum atomic E-state index is 6.01. The minimum absolute atomic E-state index is 0. The van der Waals surface area contributed by atoms with Crippen molar-refractivity contribution in [3.8, 4) is 5.75 Å². The maximum Gasteiger partial charge on any atom is 0.120 e. The van der Waals surface area contributed by atoms with Crippen LogP contribution in [0.1, 0.15) is 38.2 Å². The van der Waals surface area contributed by atoms with E-state index in [4.69, 9.17) is 4.74 Å². The standard InChI is InChI=1S/C14H21NO.ClH/c1-11(2)12-4-3-5-14(10-12)16-13-6-8-15-9-7-13;/h3-5,10-11,13,15H,6-9H2,1-2H3;1H. The lowest BCUT2D eigenvalue weighted by atomic mass is 10.0. The van der Waals surface area contributed by atoms with E-state index in [1.807, 2.05) is 0 Å². The van der Waals surface area contributed by atoms with Gasteiger partial charge in [0.15, 0.2) is 0 Å². The van der Waals surface area contributed by atoms with Gasteiger partial charge in [-0.3, -0.25) is 0 Å². The minimum atomic E-state index is 0. The zero-order valence-corrected chi connectivity index (χ0v) is 11.4. The van der Waals surface area contributed by atoms with Crippen LogP contribution in [0.5, 0.6) is 5.75 Å². The highest BCUT2D eigenvalue weighted by atomic mass is 35.5. The number of hydrogen-bond donors (Lipinski definition) is 1. The van der Waals surface area contributed by atoms with Gasteiger partial charge in [0, 0.05) is 0 Å². The third kappa shape index (κ3) is 4.21. The smallest absolute Gasteiger partial charge is 0.120 e. The van der Waals surface area contributed by atoms with Crippen LogP contribution < -0.4 is 10.1 Å². The van der Waals surface area contributed by atoms with Crippen LogP contribution in [-0.4, -0.2) is 19.2 Å². The molecule has 0 atom stereocenters. The molecule has 17 heavy (non-hydrogen) atoms.